The summed E-state index contributed by atoms with van der Waals surface area (Å²) in [5, 5.41) is 6.36. The lowest BCUT2D eigenvalue weighted by Crippen LogP contribution is -2.44. The maximum Gasteiger partial charge on any atom is 0.251 e. The van der Waals surface area contributed by atoms with Crippen LogP contribution in [-0.2, 0) is 5.75 Å². The number of halogens is 1. The number of amides is 1. The van der Waals surface area contributed by atoms with E-state index in [1.807, 2.05) is 23.9 Å². The van der Waals surface area contributed by atoms with Crippen molar-refractivity contribution in [2.75, 3.05) is 45.0 Å². The van der Waals surface area contributed by atoms with Gasteiger partial charge < -0.3 is 15.5 Å². The van der Waals surface area contributed by atoms with Gasteiger partial charge in [-0.3, -0.25) is 4.79 Å². The number of carbonyl (C=O) groups is 1. The van der Waals surface area contributed by atoms with Crippen molar-refractivity contribution in [3.05, 3.63) is 35.4 Å². The Balaban J connectivity index is 0.00000264. The Hall–Kier alpha value is -0.750. The topological polar surface area (TPSA) is 44.4 Å². The summed E-state index contributed by atoms with van der Waals surface area (Å²) in [5.74, 6) is 2.17. The highest BCUT2D eigenvalue weighted by Gasteiger charge is 2.09. The number of thioether (sulfide) groups is 1. The second-order valence-electron chi connectivity index (χ2n) is 5.54. The molecule has 1 aromatic carbocycles. The normalized spacial score (nSPS) is 15.0. The van der Waals surface area contributed by atoms with E-state index in [1.165, 1.54) is 5.56 Å². The predicted molar refractivity (Wildman–Crippen MR) is 102 cm³/mol. The van der Waals surface area contributed by atoms with Gasteiger partial charge in [0.05, 0.1) is 0 Å². The van der Waals surface area contributed by atoms with Gasteiger partial charge in [-0.05, 0) is 36.4 Å². The van der Waals surface area contributed by atoms with E-state index in [4.69, 9.17) is 0 Å². The van der Waals surface area contributed by atoms with Gasteiger partial charge in [-0.1, -0.05) is 19.1 Å². The van der Waals surface area contributed by atoms with Gasteiger partial charge in [0.2, 0.25) is 0 Å². The van der Waals surface area contributed by atoms with E-state index in [-0.39, 0.29) is 18.3 Å². The molecule has 0 bridgehead atoms. The molecule has 0 aromatic heterocycles. The molecule has 0 saturated carbocycles. The molecule has 0 atom stereocenters. The van der Waals surface area contributed by atoms with Crippen molar-refractivity contribution < 1.29 is 4.79 Å². The van der Waals surface area contributed by atoms with Crippen molar-refractivity contribution in [2.24, 2.45) is 0 Å². The average Bonchev–Trinajstić information content (AvgIpc) is 2.58. The maximum absolute atomic E-state index is 12.1. The fourth-order valence-electron chi connectivity index (χ4n) is 2.51. The Morgan fingerprint density at radius 3 is 2.61 bits per heavy atom. The minimum atomic E-state index is 0. The number of nitrogens with one attached hydrogen (secondary N) is 2. The van der Waals surface area contributed by atoms with Crippen LogP contribution in [0.3, 0.4) is 0 Å². The molecule has 1 fully saturated rings. The van der Waals surface area contributed by atoms with Crippen LogP contribution < -0.4 is 10.6 Å². The van der Waals surface area contributed by atoms with Crippen molar-refractivity contribution in [1.82, 2.24) is 15.5 Å². The standard InChI is InChI=1S/C17H27N3OS.ClH/c1-2-22-14-15-4-6-16(7-5-15)17(21)19-8-3-11-20-12-9-18-10-13-20;/h4-7,18H,2-3,8-14H2,1H3,(H,19,21);1H. The van der Waals surface area contributed by atoms with Gasteiger partial charge in [0, 0.05) is 44.0 Å². The lowest BCUT2D eigenvalue weighted by Gasteiger charge is -2.27. The molecule has 1 aromatic rings. The molecular formula is C17H28ClN3OS. The quantitative estimate of drug-likeness (QED) is 0.701. The second-order valence-corrected chi connectivity index (χ2v) is 6.81. The third-order valence-electron chi connectivity index (χ3n) is 3.84. The van der Waals surface area contributed by atoms with Crippen LogP contribution in [0.2, 0.25) is 0 Å². The smallest absolute Gasteiger partial charge is 0.251 e. The van der Waals surface area contributed by atoms with Gasteiger partial charge in [0.25, 0.3) is 5.91 Å². The second kappa shape index (κ2) is 11.7. The summed E-state index contributed by atoms with van der Waals surface area (Å²) in [6, 6.07) is 7.96. The summed E-state index contributed by atoms with van der Waals surface area (Å²) in [5.41, 5.74) is 2.04. The minimum Gasteiger partial charge on any atom is -0.352 e. The van der Waals surface area contributed by atoms with Crippen molar-refractivity contribution in [3.63, 3.8) is 0 Å². The Kier molecular flexibility index (Phi) is 10.4. The average molecular weight is 358 g/mol. The van der Waals surface area contributed by atoms with Crippen LogP contribution in [0, 0.1) is 0 Å². The summed E-state index contributed by atoms with van der Waals surface area (Å²) in [6.45, 7) is 8.36. The van der Waals surface area contributed by atoms with Crippen LogP contribution in [0.15, 0.2) is 24.3 Å². The van der Waals surface area contributed by atoms with Gasteiger partial charge >= 0.3 is 0 Å². The van der Waals surface area contributed by atoms with Crippen LogP contribution in [0.25, 0.3) is 0 Å². The number of rotatable bonds is 8. The zero-order valence-corrected chi connectivity index (χ0v) is 15.5. The maximum atomic E-state index is 12.1. The molecule has 2 N–H and O–H groups in total. The monoisotopic (exact) mass is 357 g/mol. The highest BCUT2D eigenvalue weighted by molar-refractivity contribution is 7.98. The van der Waals surface area contributed by atoms with E-state index in [0.717, 1.165) is 62.8 Å². The molecular weight excluding hydrogens is 330 g/mol. The molecule has 1 aliphatic rings. The van der Waals surface area contributed by atoms with E-state index in [2.05, 4.69) is 34.6 Å². The fourth-order valence-corrected chi connectivity index (χ4v) is 3.15. The molecule has 0 unspecified atom stereocenters. The summed E-state index contributed by atoms with van der Waals surface area (Å²) < 4.78 is 0. The third-order valence-corrected chi connectivity index (χ3v) is 4.78. The van der Waals surface area contributed by atoms with Crippen LogP contribution in [0.5, 0.6) is 0 Å². The molecule has 23 heavy (non-hydrogen) atoms. The molecule has 130 valence electrons. The molecule has 6 heteroatoms. The van der Waals surface area contributed by atoms with Crippen molar-refractivity contribution in [3.8, 4) is 0 Å². The first-order valence-corrected chi connectivity index (χ1v) is 9.33. The summed E-state index contributed by atoms with van der Waals surface area (Å²) in [4.78, 5) is 14.5. The number of carbonyl (C=O) groups excluding carboxylic acids is 1. The third kappa shape index (κ3) is 7.57. The SMILES string of the molecule is CCSCc1ccc(C(=O)NCCCN2CCNCC2)cc1.Cl. The Morgan fingerprint density at radius 1 is 1.26 bits per heavy atom. The Bertz CT molecular complexity index is 450. The van der Waals surface area contributed by atoms with Crippen molar-refractivity contribution in [1.29, 1.82) is 0 Å². The van der Waals surface area contributed by atoms with Crippen LogP contribution in [0.4, 0.5) is 0 Å². The first-order valence-electron chi connectivity index (χ1n) is 8.17. The first-order chi connectivity index (χ1) is 10.8. The highest BCUT2D eigenvalue weighted by Crippen LogP contribution is 2.12. The molecule has 1 heterocycles. The molecule has 0 aliphatic carbocycles. The molecule has 0 spiro atoms. The summed E-state index contributed by atoms with van der Waals surface area (Å²) in [6.07, 6.45) is 1.01. The number of nitrogens with zero attached hydrogens (tertiary/aromatic N) is 1. The summed E-state index contributed by atoms with van der Waals surface area (Å²) in [7, 11) is 0. The largest absolute Gasteiger partial charge is 0.352 e. The number of benzene rings is 1. The van der Waals surface area contributed by atoms with Gasteiger partial charge in [0.15, 0.2) is 0 Å². The molecule has 2 rings (SSSR count). The van der Waals surface area contributed by atoms with E-state index in [9.17, 15) is 4.79 Å². The fraction of sp³-hybridized carbons (Fsp3) is 0.588. The Labute approximate surface area is 150 Å². The molecule has 1 aliphatic heterocycles. The lowest BCUT2D eigenvalue weighted by atomic mass is 10.1. The molecule has 0 radical (unpaired) electrons. The first kappa shape index (κ1) is 20.3. The molecule has 1 saturated heterocycles. The molecule has 1 amide bonds. The summed E-state index contributed by atoms with van der Waals surface area (Å²) >= 11 is 1.90. The van der Waals surface area contributed by atoms with Gasteiger partial charge in [-0.25, -0.2) is 0 Å². The van der Waals surface area contributed by atoms with E-state index >= 15 is 0 Å². The van der Waals surface area contributed by atoms with E-state index in [1.54, 1.807) is 0 Å². The van der Waals surface area contributed by atoms with E-state index < -0.39 is 0 Å². The number of hydrogen-bond acceptors (Lipinski definition) is 4. The lowest BCUT2D eigenvalue weighted by molar-refractivity contribution is 0.0951. The van der Waals surface area contributed by atoms with Crippen LogP contribution >= 0.6 is 24.2 Å². The zero-order valence-electron chi connectivity index (χ0n) is 13.8. The predicted octanol–water partition coefficient (Wildman–Crippen LogP) is 2.39. The zero-order chi connectivity index (χ0) is 15.6. The van der Waals surface area contributed by atoms with Gasteiger partial charge in [0.1, 0.15) is 0 Å². The van der Waals surface area contributed by atoms with Gasteiger partial charge in [-0.15, -0.1) is 12.4 Å². The van der Waals surface area contributed by atoms with Crippen LogP contribution in [0.1, 0.15) is 29.3 Å². The van der Waals surface area contributed by atoms with Gasteiger partial charge in [-0.2, -0.15) is 11.8 Å². The van der Waals surface area contributed by atoms with Crippen LogP contribution in [-0.4, -0.2) is 55.8 Å². The Morgan fingerprint density at radius 2 is 1.96 bits per heavy atom. The number of hydrogen-bond donors (Lipinski definition) is 2. The minimum absolute atomic E-state index is 0. The molecule has 4 nitrogen and oxygen atoms in total. The van der Waals surface area contributed by atoms with Crippen molar-refractivity contribution in [2.45, 2.75) is 19.1 Å². The number of piperazine rings is 1. The van der Waals surface area contributed by atoms with E-state index in [0.29, 0.717) is 0 Å². The van der Waals surface area contributed by atoms with Crippen molar-refractivity contribution >= 4 is 30.1 Å². The highest BCUT2D eigenvalue weighted by atomic mass is 35.5.